The average Bonchev–Trinajstić information content (AvgIpc) is 3.18. The quantitative estimate of drug-likeness (QED) is 0.520. The number of sulfone groups is 1. The minimum Gasteiger partial charge on any atom is -0.489 e. The van der Waals surface area contributed by atoms with Gasteiger partial charge in [-0.2, -0.15) is 0 Å². The molecular formula is C25H27NO5S. The number of aryl methyl sites for hydroxylation is 1. The molecule has 1 aromatic heterocycles. The van der Waals surface area contributed by atoms with Crippen molar-refractivity contribution < 1.29 is 23.1 Å². The summed E-state index contributed by atoms with van der Waals surface area (Å²) in [5, 5.41) is 10.3. The summed E-state index contributed by atoms with van der Waals surface area (Å²) in [6, 6.07) is 16.3. The number of ether oxygens (including phenoxy) is 1. The minimum atomic E-state index is -3.59. The topological polar surface area (TPSA) is 93.6 Å². The molecule has 32 heavy (non-hydrogen) atoms. The van der Waals surface area contributed by atoms with Crippen LogP contribution < -0.4 is 4.74 Å². The Morgan fingerprint density at radius 1 is 1.09 bits per heavy atom. The average molecular weight is 454 g/mol. The molecule has 168 valence electrons. The molecule has 1 aliphatic rings. The number of benzene rings is 2. The fourth-order valence-electron chi connectivity index (χ4n) is 4.72. The van der Waals surface area contributed by atoms with Gasteiger partial charge in [0.05, 0.1) is 22.6 Å². The number of rotatable bonds is 8. The standard InChI is InChI=1S/C25H27NO5S/c1-18-14-19(22-6-2-3-7-23(22)26-18)16-31-20-8-10-21(11-9-20)32(29,30)17-25(15-24(27)28)12-4-5-13-25/h2-3,6-11,14H,4-5,12-13,15-17H2,1H3,(H,27,28). The first kappa shape index (κ1) is 22.3. The zero-order valence-electron chi connectivity index (χ0n) is 18.1. The van der Waals surface area contributed by atoms with Crippen molar-refractivity contribution in [2.75, 3.05) is 5.75 Å². The molecule has 1 fully saturated rings. The summed E-state index contributed by atoms with van der Waals surface area (Å²) in [5.74, 6) is -0.497. The predicted octanol–water partition coefficient (Wildman–Crippen LogP) is 4.93. The van der Waals surface area contributed by atoms with E-state index in [2.05, 4.69) is 4.98 Å². The lowest BCUT2D eigenvalue weighted by Gasteiger charge is -2.26. The summed E-state index contributed by atoms with van der Waals surface area (Å²) in [5.41, 5.74) is 2.17. The second kappa shape index (κ2) is 8.90. The number of fused-ring (bicyclic) bond motifs is 1. The van der Waals surface area contributed by atoms with E-state index in [1.54, 1.807) is 24.3 Å². The third-order valence-corrected chi connectivity index (χ3v) is 8.18. The lowest BCUT2D eigenvalue weighted by atomic mass is 9.85. The van der Waals surface area contributed by atoms with Crippen molar-refractivity contribution in [2.24, 2.45) is 5.41 Å². The molecule has 0 unspecified atom stereocenters. The van der Waals surface area contributed by atoms with E-state index in [1.807, 2.05) is 37.3 Å². The molecule has 0 bridgehead atoms. The number of aromatic nitrogens is 1. The largest absolute Gasteiger partial charge is 0.489 e. The summed E-state index contributed by atoms with van der Waals surface area (Å²) in [7, 11) is -3.59. The first-order chi connectivity index (χ1) is 15.3. The van der Waals surface area contributed by atoms with Gasteiger partial charge in [0.25, 0.3) is 0 Å². The van der Waals surface area contributed by atoms with Crippen LogP contribution in [-0.4, -0.2) is 30.2 Å². The van der Waals surface area contributed by atoms with E-state index in [-0.39, 0.29) is 17.1 Å². The molecule has 2 aromatic carbocycles. The van der Waals surface area contributed by atoms with E-state index >= 15 is 0 Å². The zero-order valence-corrected chi connectivity index (χ0v) is 18.9. The van der Waals surface area contributed by atoms with Crippen molar-refractivity contribution in [3.05, 3.63) is 65.9 Å². The van der Waals surface area contributed by atoms with E-state index in [4.69, 9.17) is 4.74 Å². The van der Waals surface area contributed by atoms with Crippen LogP contribution in [0.2, 0.25) is 0 Å². The molecule has 0 aliphatic heterocycles. The number of para-hydroxylation sites is 1. The van der Waals surface area contributed by atoms with E-state index in [9.17, 15) is 18.3 Å². The van der Waals surface area contributed by atoms with Gasteiger partial charge >= 0.3 is 5.97 Å². The third kappa shape index (κ3) is 4.93. The Labute approximate surface area is 188 Å². The predicted molar refractivity (Wildman–Crippen MR) is 122 cm³/mol. The van der Waals surface area contributed by atoms with Gasteiger partial charge in [0, 0.05) is 16.6 Å². The summed E-state index contributed by atoms with van der Waals surface area (Å²) in [6.45, 7) is 2.29. The smallest absolute Gasteiger partial charge is 0.303 e. The molecule has 0 amide bonds. The fourth-order valence-corrected chi connectivity index (χ4v) is 6.64. The minimum absolute atomic E-state index is 0.104. The van der Waals surface area contributed by atoms with Gasteiger partial charge < -0.3 is 9.84 Å². The van der Waals surface area contributed by atoms with Crippen LogP contribution >= 0.6 is 0 Å². The number of carboxylic acids is 1. The lowest BCUT2D eigenvalue weighted by molar-refractivity contribution is -0.139. The van der Waals surface area contributed by atoms with Gasteiger partial charge in [-0.05, 0) is 61.6 Å². The number of hydrogen-bond donors (Lipinski definition) is 1. The second-order valence-corrected chi connectivity index (χ2v) is 10.7. The summed E-state index contributed by atoms with van der Waals surface area (Å²) in [6.07, 6.45) is 2.92. The zero-order chi connectivity index (χ0) is 22.8. The van der Waals surface area contributed by atoms with Crippen LogP contribution in [0.5, 0.6) is 5.75 Å². The molecule has 6 nitrogen and oxygen atoms in total. The van der Waals surface area contributed by atoms with Crippen molar-refractivity contribution in [2.45, 2.75) is 50.5 Å². The molecule has 3 aromatic rings. The van der Waals surface area contributed by atoms with Crippen LogP contribution in [-0.2, 0) is 21.2 Å². The van der Waals surface area contributed by atoms with Crippen molar-refractivity contribution in [3.8, 4) is 5.75 Å². The Hall–Kier alpha value is -2.93. The highest BCUT2D eigenvalue weighted by Gasteiger charge is 2.40. The van der Waals surface area contributed by atoms with E-state index in [1.165, 1.54) is 0 Å². The Morgan fingerprint density at radius 2 is 1.78 bits per heavy atom. The number of aliphatic carboxylic acids is 1. The number of hydrogen-bond acceptors (Lipinski definition) is 5. The molecule has 7 heteroatoms. The SMILES string of the molecule is Cc1cc(COc2ccc(S(=O)(=O)CC3(CC(=O)O)CCCC3)cc2)c2ccccc2n1. The third-order valence-electron chi connectivity index (χ3n) is 6.19. The van der Waals surface area contributed by atoms with Gasteiger partial charge in [0.2, 0.25) is 0 Å². The maximum Gasteiger partial charge on any atom is 0.303 e. The van der Waals surface area contributed by atoms with Crippen molar-refractivity contribution >= 4 is 26.7 Å². The first-order valence-electron chi connectivity index (χ1n) is 10.8. The number of pyridine rings is 1. The molecule has 1 aliphatic carbocycles. The van der Waals surface area contributed by atoms with Crippen molar-refractivity contribution in [3.63, 3.8) is 0 Å². The molecule has 4 rings (SSSR count). The Kier molecular flexibility index (Phi) is 6.20. The normalized spacial score (nSPS) is 15.7. The molecule has 0 saturated heterocycles. The monoisotopic (exact) mass is 453 g/mol. The van der Waals surface area contributed by atoms with Gasteiger partial charge in [0.15, 0.2) is 9.84 Å². The molecular weight excluding hydrogens is 426 g/mol. The van der Waals surface area contributed by atoms with Crippen LogP contribution in [0.4, 0.5) is 0 Å². The molecule has 1 N–H and O–H groups in total. The van der Waals surface area contributed by atoms with Crippen LogP contribution in [0.25, 0.3) is 10.9 Å². The van der Waals surface area contributed by atoms with Crippen LogP contribution in [0.3, 0.4) is 0 Å². The second-order valence-electron chi connectivity index (χ2n) is 8.74. The summed E-state index contributed by atoms with van der Waals surface area (Å²) < 4.78 is 31.9. The van der Waals surface area contributed by atoms with Gasteiger partial charge in [0.1, 0.15) is 12.4 Å². The van der Waals surface area contributed by atoms with Crippen LogP contribution in [0, 0.1) is 12.3 Å². The highest BCUT2D eigenvalue weighted by atomic mass is 32.2. The highest BCUT2D eigenvalue weighted by Crippen LogP contribution is 2.43. The molecule has 0 radical (unpaired) electrons. The van der Waals surface area contributed by atoms with E-state index in [0.29, 0.717) is 25.2 Å². The highest BCUT2D eigenvalue weighted by molar-refractivity contribution is 7.91. The fraction of sp³-hybridized carbons (Fsp3) is 0.360. The number of nitrogens with zero attached hydrogens (tertiary/aromatic N) is 1. The first-order valence-corrected chi connectivity index (χ1v) is 12.4. The Bertz CT molecular complexity index is 1230. The Morgan fingerprint density at radius 3 is 2.47 bits per heavy atom. The van der Waals surface area contributed by atoms with Gasteiger partial charge in [-0.15, -0.1) is 0 Å². The van der Waals surface area contributed by atoms with Crippen molar-refractivity contribution in [1.29, 1.82) is 0 Å². The van der Waals surface area contributed by atoms with E-state index in [0.717, 1.165) is 35.0 Å². The lowest BCUT2D eigenvalue weighted by Crippen LogP contribution is -2.30. The van der Waals surface area contributed by atoms with Gasteiger partial charge in [-0.1, -0.05) is 31.0 Å². The Balaban J connectivity index is 1.48. The maximum absolute atomic E-state index is 13.0. The van der Waals surface area contributed by atoms with Crippen LogP contribution in [0.1, 0.15) is 43.4 Å². The van der Waals surface area contributed by atoms with Crippen molar-refractivity contribution in [1.82, 2.24) is 4.98 Å². The van der Waals surface area contributed by atoms with Gasteiger partial charge in [-0.3, -0.25) is 9.78 Å². The molecule has 1 saturated carbocycles. The number of carboxylic acid groups (broad SMARTS) is 1. The molecule has 0 spiro atoms. The molecule has 0 atom stereocenters. The summed E-state index contributed by atoms with van der Waals surface area (Å²) >= 11 is 0. The maximum atomic E-state index is 13.0. The van der Waals surface area contributed by atoms with Gasteiger partial charge in [-0.25, -0.2) is 8.42 Å². The van der Waals surface area contributed by atoms with E-state index < -0.39 is 21.2 Å². The number of carbonyl (C=O) groups is 1. The molecule has 1 heterocycles. The summed E-state index contributed by atoms with van der Waals surface area (Å²) in [4.78, 5) is 16.0. The van der Waals surface area contributed by atoms with Crippen LogP contribution in [0.15, 0.2) is 59.5 Å².